The number of sulfone groups is 1. The van der Waals surface area contributed by atoms with Crippen LogP contribution in [-0.2, 0) is 27.5 Å². The number of anilines is 1. The van der Waals surface area contributed by atoms with E-state index < -0.39 is 9.84 Å². The molecule has 1 heterocycles. The number of nitrogens with zero attached hydrogens (tertiary/aromatic N) is 1. The van der Waals surface area contributed by atoms with E-state index in [-0.39, 0.29) is 18.1 Å². The van der Waals surface area contributed by atoms with Gasteiger partial charge < -0.3 is 5.32 Å². The van der Waals surface area contributed by atoms with Crippen LogP contribution in [0.4, 0.5) is 5.13 Å². The molecule has 3 aromatic rings. The van der Waals surface area contributed by atoms with Gasteiger partial charge in [0.05, 0.1) is 21.2 Å². The molecule has 0 saturated heterocycles. The molecular formula is C22H22N2O3S2. The summed E-state index contributed by atoms with van der Waals surface area (Å²) in [4.78, 5) is 18.0. The Hall–Kier alpha value is -2.51. The molecule has 1 aliphatic carbocycles. The molecule has 0 saturated carbocycles. The smallest absolute Gasteiger partial charge is 0.227 e. The number of rotatable bonds is 6. The third-order valence-electron chi connectivity index (χ3n) is 5.11. The number of carbonyl (C=O) groups is 1. The number of amides is 1. The van der Waals surface area contributed by atoms with Crippen LogP contribution in [0.2, 0.25) is 0 Å². The molecule has 1 N–H and O–H groups in total. The summed E-state index contributed by atoms with van der Waals surface area (Å²) in [6, 6.07) is 15.2. The Morgan fingerprint density at radius 3 is 2.66 bits per heavy atom. The standard InChI is InChI=1S/C22H22N2O3S2/c1-15-21(17-6-3-2-4-7-17)28-22(23-15)24-20(25)12-13-29(26,27)19-11-10-16-8-5-9-18(16)14-19/h2-4,6-7,10-11,14H,5,8-9,12-13H2,1H3,(H,23,24,25). The summed E-state index contributed by atoms with van der Waals surface area (Å²) in [5, 5.41) is 3.23. The van der Waals surface area contributed by atoms with Gasteiger partial charge in [0.1, 0.15) is 0 Å². The third kappa shape index (κ3) is 4.41. The molecule has 0 unspecified atom stereocenters. The van der Waals surface area contributed by atoms with Gasteiger partial charge in [0, 0.05) is 6.42 Å². The molecule has 0 atom stereocenters. The summed E-state index contributed by atoms with van der Waals surface area (Å²) in [6.07, 6.45) is 2.90. The van der Waals surface area contributed by atoms with Gasteiger partial charge in [0.15, 0.2) is 15.0 Å². The van der Waals surface area contributed by atoms with Crippen LogP contribution in [-0.4, -0.2) is 25.1 Å². The fraction of sp³-hybridized carbons (Fsp3) is 0.273. The van der Waals surface area contributed by atoms with Crippen molar-refractivity contribution in [1.82, 2.24) is 4.98 Å². The molecule has 1 aromatic heterocycles. The molecule has 0 fully saturated rings. The molecule has 150 valence electrons. The fourth-order valence-electron chi connectivity index (χ4n) is 3.58. The third-order valence-corrected chi connectivity index (χ3v) is 7.94. The first-order valence-electron chi connectivity index (χ1n) is 9.60. The lowest BCUT2D eigenvalue weighted by molar-refractivity contribution is -0.115. The maximum Gasteiger partial charge on any atom is 0.227 e. The van der Waals surface area contributed by atoms with Crippen LogP contribution < -0.4 is 5.32 Å². The second kappa shape index (κ2) is 8.08. The minimum absolute atomic E-state index is 0.0985. The second-order valence-electron chi connectivity index (χ2n) is 7.20. The molecule has 29 heavy (non-hydrogen) atoms. The van der Waals surface area contributed by atoms with E-state index in [2.05, 4.69) is 10.3 Å². The van der Waals surface area contributed by atoms with Crippen molar-refractivity contribution in [3.8, 4) is 10.4 Å². The van der Waals surface area contributed by atoms with Crippen molar-refractivity contribution < 1.29 is 13.2 Å². The van der Waals surface area contributed by atoms with Gasteiger partial charge in [-0.15, -0.1) is 0 Å². The SMILES string of the molecule is Cc1nc(NC(=O)CCS(=O)(=O)c2ccc3c(c2)CCC3)sc1-c1ccccc1. The van der Waals surface area contributed by atoms with Gasteiger partial charge >= 0.3 is 0 Å². The van der Waals surface area contributed by atoms with Crippen LogP contribution in [0.1, 0.15) is 29.7 Å². The Labute approximate surface area is 174 Å². The van der Waals surface area contributed by atoms with Crippen LogP contribution in [0.3, 0.4) is 0 Å². The van der Waals surface area contributed by atoms with E-state index in [9.17, 15) is 13.2 Å². The first-order valence-corrected chi connectivity index (χ1v) is 12.1. The van der Waals surface area contributed by atoms with Crippen LogP contribution in [0.15, 0.2) is 53.4 Å². The number of hydrogen-bond donors (Lipinski definition) is 1. The molecule has 7 heteroatoms. The van der Waals surface area contributed by atoms with Gasteiger partial charge in [0.2, 0.25) is 5.91 Å². The van der Waals surface area contributed by atoms with Crippen LogP contribution in [0, 0.1) is 6.92 Å². The Kier molecular flexibility index (Phi) is 5.52. The predicted molar refractivity (Wildman–Crippen MR) is 116 cm³/mol. The molecule has 0 bridgehead atoms. The highest BCUT2D eigenvalue weighted by Gasteiger charge is 2.20. The summed E-state index contributed by atoms with van der Waals surface area (Å²) in [6.45, 7) is 1.90. The highest BCUT2D eigenvalue weighted by Crippen LogP contribution is 2.32. The zero-order chi connectivity index (χ0) is 20.4. The number of aryl methyl sites for hydroxylation is 3. The lowest BCUT2D eigenvalue weighted by Gasteiger charge is -2.07. The summed E-state index contributed by atoms with van der Waals surface area (Å²) >= 11 is 1.39. The maximum atomic E-state index is 12.6. The molecule has 0 spiro atoms. The van der Waals surface area contributed by atoms with E-state index >= 15 is 0 Å². The van der Waals surface area contributed by atoms with E-state index in [1.54, 1.807) is 12.1 Å². The van der Waals surface area contributed by atoms with Crippen molar-refractivity contribution in [3.05, 3.63) is 65.4 Å². The van der Waals surface area contributed by atoms with E-state index in [4.69, 9.17) is 0 Å². The molecule has 5 nitrogen and oxygen atoms in total. The first-order chi connectivity index (χ1) is 13.9. The van der Waals surface area contributed by atoms with Crippen LogP contribution in [0.25, 0.3) is 10.4 Å². The minimum Gasteiger partial charge on any atom is -0.302 e. The lowest BCUT2D eigenvalue weighted by atomic mass is 10.1. The minimum atomic E-state index is -3.49. The number of carbonyl (C=O) groups excluding carboxylic acids is 1. The number of thiazole rings is 1. The Morgan fingerprint density at radius 1 is 1.10 bits per heavy atom. The highest BCUT2D eigenvalue weighted by atomic mass is 32.2. The monoisotopic (exact) mass is 426 g/mol. The average molecular weight is 427 g/mol. The molecule has 1 aliphatic rings. The van der Waals surface area contributed by atoms with Gasteiger partial charge in [-0.1, -0.05) is 47.7 Å². The zero-order valence-electron chi connectivity index (χ0n) is 16.1. The highest BCUT2D eigenvalue weighted by molar-refractivity contribution is 7.91. The van der Waals surface area contributed by atoms with Crippen molar-refractivity contribution in [3.63, 3.8) is 0 Å². The van der Waals surface area contributed by atoms with E-state index in [1.807, 2.05) is 43.3 Å². The molecule has 0 aliphatic heterocycles. The van der Waals surface area contributed by atoms with Crippen molar-refractivity contribution in [2.75, 3.05) is 11.1 Å². The Balaban J connectivity index is 1.40. The Bertz CT molecular complexity index is 1150. The fourth-order valence-corrected chi connectivity index (χ4v) is 5.85. The lowest BCUT2D eigenvalue weighted by Crippen LogP contribution is -2.17. The summed E-state index contributed by atoms with van der Waals surface area (Å²) in [5.74, 6) is -0.559. The van der Waals surface area contributed by atoms with Gasteiger partial charge in [0.25, 0.3) is 0 Å². The van der Waals surface area contributed by atoms with Gasteiger partial charge in [-0.3, -0.25) is 4.79 Å². The van der Waals surface area contributed by atoms with Crippen LogP contribution >= 0.6 is 11.3 Å². The van der Waals surface area contributed by atoms with Crippen LogP contribution in [0.5, 0.6) is 0 Å². The summed E-state index contributed by atoms with van der Waals surface area (Å²) < 4.78 is 25.3. The number of benzene rings is 2. The topological polar surface area (TPSA) is 76.1 Å². The number of aromatic nitrogens is 1. The van der Waals surface area contributed by atoms with E-state index in [0.29, 0.717) is 10.0 Å². The van der Waals surface area contributed by atoms with E-state index in [1.165, 1.54) is 16.9 Å². The van der Waals surface area contributed by atoms with Gasteiger partial charge in [-0.05, 0) is 55.0 Å². The average Bonchev–Trinajstić information content (AvgIpc) is 3.33. The molecule has 1 amide bonds. The first kappa shape index (κ1) is 19.8. The van der Waals surface area contributed by atoms with Crippen molar-refractivity contribution in [1.29, 1.82) is 0 Å². The molecule has 4 rings (SSSR count). The quantitative estimate of drug-likeness (QED) is 0.633. The largest absolute Gasteiger partial charge is 0.302 e. The van der Waals surface area contributed by atoms with E-state index in [0.717, 1.165) is 41.0 Å². The maximum absolute atomic E-state index is 12.6. The molecular weight excluding hydrogens is 404 g/mol. The zero-order valence-corrected chi connectivity index (χ0v) is 17.8. The summed E-state index contributed by atoms with van der Waals surface area (Å²) in [5.41, 5.74) is 4.22. The molecule has 2 aromatic carbocycles. The van der Waals surface area contributed by atoms with Crippen molar-refractivity contribution in [2.24, 2.45) is 0 Å². The Morgan fingerprint density at radius 2 is 1.86 bits per heavy atom. The normalized spacial score (nSPS) is 13.3. The second-order valence-corrected chi connectivity index (χ2v) is 10.3. The van der Waals surface area contributed by atoms with Crippen molar-refractivity contribution >= 4 is 32.2 Å². The summed E-state index contributed by atoms with van der Waals surface area (Å²) in [7, 11) is -3.49. The van der Waals surface area contributed by atoms with Gasteiger partial charge in [-0.25, -0.2) is 13.4 Å². The number of nitrogens with one attached hydrogen (secondary N) is 1. The number of fused-ring (bicyclic) bond motifs is 1. The van der Waals surface area contributed by atoms with Gasteiger partial charge in [-0.2, -0.15) is 0 Å². The predicted octanol–water partition coefficient (Wildman–Crippen LogP) is 4.41. The van der Waals surface area contributed by atoms with Crippen molar-refractivity contribution in [2.45, 2.75) is 37.5 Å². The number of hydrogen-bond acceptors (Lipinski definition) is 5. The molecule has 0 radical (unpaired) electrons.